The lowest BCUT2D eigenvalue weighted by Crippen LogP contribution is -2.62. The maximum Gasteiger partial charge on any atom is 0.144 e. The fourth-order valence-corrected chi connectivity index (χ4v) is 4.72. The summed E-state index contributed by atoms with van der Waals surface area (Å²) in [4.78, 5) is 0.807. The number of nitrogens with zero attached hydrogens (tertiary/aromatic N) is 2. The van der Waals surface area contributed by atoms with Crippen molar-refractivity contribution in [1.29, 1.82) is 5.26 Å². The van der Waals surface area contributed by atoms with Gasteiger partial charge in [-0.05, 0) is 37.6 Å². The summed E-state index contributed by atoms with van der Waals surface area (Å²) in [7, 11) is -1.24. The first kappa shape index (κ1) is 19.5. The van der Waals surface area contributed by atoms with Crippen LogP contribution in [0, 0.1) is 36.4 Å². The molecule has 27 heavy (non-hydrogen) atoms. The molecule has 0 aromatic heterocycles. The van der Waals surface area contributed by atoms with Crippen molar-refractivity contribution < 1.29 is 13.3 Å². The van der Waals surface area contributed by atoms with Gasteiger partial charge in [0.15, 0.2) is 0 Å². The summed E-state index contributed by atoms with van der Waals surface area (Å²) in [5.74, 6) is -0.253. The highest BCUT2D eigenvalue weighted by molar-refractivity contribution is 7.82. The summed E-state index contributed by atoms with van der Waals surface area (Å²) in [6, 6.07) is 11.8. The van der Waals surface area contributed by atoms with E-state index in [9.17, 15) is 8.60 Å². The Hall–Kier alpha value is -2.27. The van der Waals surface area contributed by atoms with Gasteiger partial charge in [0, 0.05) is 31.1 Å². The summed E-state index contributed by atoms with van der Waals surface area (Å²) < 4.78 is 34.1. The number of hydrogen-bond acceptors (Lipinski definition) is 4. The molecule has 1 atom stereocenters. The zero-order chi connectivity index (χ0) is 19.6. The first-order valence-corrected chi connectivity index (χ1v) is 9.75. The Labute approximate surface area is 161 Å². The van der Waals surface area contributed by atoms with Gasteiger partial charge in [0.2, 0.25) is 0 Å². The molecule has 142 valence electrons. The van der Waals surface area contributed by atoms with Crippen LogP contribution in [0.4, 0.5) is 4.39 Å². The van der Waals surface area contributed by atoms with E-state index in [0.29, 0.717) is 32.0 Å². The summed E-state index contributed by atoms with van der Waals surface area (Å²) in [6.45, 7) is 5.73. The van der Waals surface area contributed by atoms with Crippen LogP contribution in [0.5, 0.6) is 5.75 Å². The molecule has 2 N–H and O–H groups in total. The summed E-state index contributed by atoms with van der Waals surface area (Å²) in [6.07, 6.45) is 0. The molecule has 1 heterocycles. The van der Waals surface area contributed by atoms with Crippen LogP contribution in [-0.2, 0) is 11.0 Å². The number of hydrogen-bond donors (Lipinski definition) is 1. The van der Waals surface area contributed by atoms with Crippen molar-refractivity contribution in [2.45, 2.75) is 18.7 Å². The maximum absolute atomic E-state index is 13.7. The predicted molar refractivity (Wildman–Crippen MR) is 102 cm³/mol. The van der Waals surface area contributed by atoms with Gasteiger partial charge in [-0.2, -0.15) is 5.26 Å². The maximum atomic E-state index is 13.7. The van der Waals surface area contributed by atoms with E-state index >= 15 is 0 Å². The van der Waals surface area contributed by atoms with Gasteiger partial charge in [-0.15, -0.1) is 0 Å². The minimum atomic E-state index is -1.24. The van der Waals surface area contributed by atoms with E-state index in [4.69, 9.17) is 15.7 Å². The fraction of sp³-hybridized carbons (Fsp3) is 0.350. The Morgan fingerprint density at radius 3 is 2.63 bits per heavy atom. The second-order valence-corrected chi connectivity index (χ2v) is 8.52. The smallest absolute Gasteiger partial charge is 0.144 e. The largest absolute Gasteiger partial charge is 0.493 e. The van der Waals surface area contributed by atoms with Crippen LogP contribution in [0.25, 0.3) is 0 Å². The standard InChI is InChI=1S/C20H22FN3O2S/c1-14-3-6-19(15(2)7-14)27(25)24-11-20(10-23,12-24)13-26-17-5-4-16(9-22)18(21)8-17/h3-8H,10-13,23H2,1-2H3. The lowest BCUT2D eigenvalue weighted by molar-refractivity contribution is 0.0301. The number of nitriles is 1. The molecule has 2 aromatic carbocycles. The molecule has 0 saturated carbocycles. The van der Waals surface area contributed by atoms with E-state index < -0.39 is 16.8 Å². The molecular weight excluding hydrogens is 365 g/mol. The molecule has 2 aromatic rings. The molecule has 1 aliphatic rings. The third-order valence-corrected chi connectivity index (χ3v) is 6.38. The Morgan fingerprint density at radius 2 is 2.04 bits per heavy atom. The van der Waals surface area contributed by atoms with Crippen LogP contribution in [-0.4, -0.2) is 34.8 Å². The normalized spacial score (nSPS) is 17.0. The number of ether oxygens (including phenoxy) is 1. The Morgan fingerprint density at radius 1 is 1.30 bits per heavy atom. The lowest BCUT2D eigenvalue weighted by atomic mass is 9.83. The Kier molecular flexibility index (Phi) is 5.61. The summed E-state index contributed by atoms with van der Waals surface area (Å²) in [5, 5.41) is 8.78. The van der Waals surface area contributed by atoms with E-state index in [2.05, 4.69) is 0 Å². The fourth-order valence-electron chi connectivity index (χ4n) is 3.15. The van der Waals surface area contributed by atoms with Crippen LogP contribution in [0.3, 0.4) is 0 Å². The average molecular weight is 387 g/mol. The minimum absolute atomic E-state index is 0.0189. The molecular formula is C20H22FN3O2S. The molecule has 1 fully saturated rings. The zero-order valence-electron chi connectivity index (χ0n) is 15.4. The van der Waals surface area contributed by atoms with Crippen molar-refractivity contribution in [1.82, 2.24) is 4.31 Å². The molecule has 5 nitrogen and oxygen atoms in total. The number of aryl methyl sites for hydroxylation is 2. The molecule has 0 radical (unpaired) electrons. The predicted octanol–water partition coefficient (Wildman–Crippen LogP) is 2.68. The van der Waals surface area contributed by atoms with Gasteiger partial charge in [-0.3, -0.25) is 0 Å². The van der Waals surface area contributed by atoms with Crippen LogP contribution in [0.15, 0.2) is 41.3 Å². The molecule has 1 saturated heterocycles. The average Bonchev–Trinajstić information content (AvgIpc) is 2.61. The molecule has 3 rings (SSSR count). The highest BCUT2D eigenvalue weighted by Gasteiger charge is 2.45. The second-order valence-electron chi connectivity index (χ2n) is 7.06. The Balaban J connectivity index is 1.63. The van der Waals surface area contributed by atoms with Crippen molar-refractivity contribution >= 4 is 11.0 Å². The van der Waals surface area contributed by atoms with E-state index in [-0.39, 0.29) is 11.0 Å². The van der Waals surface area contributed by atoms with Gasteiger partial charge >= 0.3 is 0 Å². The number of halogens is 1. The first-order chi connectivity index (χ1) is 12.9. The van der Waals surface area contributed by atoms with Crippen molar-refractivity contribution in [2.24, 2.45) is 11.1 Å². The van der Waals surface area contributed by atoms with Crippen molar-refractivity contribution in [3.63, 3.8) is 0 Å². The number of nitrogens with two attached hydrogens (primary N) is 1. The van der Waals surface area contributed by atoms with Crippen LogP contribution < -0.4 is 10.5 Å². The quantitative estimate of drug-likeness (QED) is 0.826. The molecule has 0 bridgehead atoms. The lowest BCUT2D eigenvalue weighted by Gasteiger charge is -2.48. The first-order valence-electron chi connectivity index (χ1n) is 8.64. The van der Waals surface area contributed by atoms with Gasteiger partial charge in [-0.25, -0.2) is 12.9 Å². The molecule has 0 spiro atoms. The summed E-state index contributed by atoms with van der Waals surface area (Å²) in [5.41, 5.74) is 7.73. The monoisotopic (exact) mass is 387 g/mol. The van der Waals surface area contributed by atoms with Gasteiger partial charge in [-0.1, -0.05) is 17.7 Å². The topological polar surface area (TPSA) is 79.3 Å². The van der Waals surface area contributed by atoms with Gasteiger partial charge in [0.05, 0.1) is 17.1 Å². The highest BCUT2D eigenvalue weighted by atomic mass is 32.2. The summed E-state index contributed by atoms with van der Waals surface area (Å²) >= 11 is 0. The SMILES string of the molecule is Cc1ccc(S(=O)N2CC(CN)(COc3ccc(C#N)c(F)c3)C2)c(C)c1. The van der Waals surface area contributed by atoms with Crippen molar-refractivity contribution in [3.8, 4) is 11.8 Å². The highest BCUT2D eigenvalue weighted by Crippen LogP contribution is 2.34. The number of benzene rings is 2. The third kappa shape index (κ3) is 4.03. The zero-order valence-corrected chi connectivity index (χ0v) is 16.2. The van der Waals surface area contributed by atoms with Gasteiger partial charge < -0.3 is 10.5 Å². The minimum Gasteiger partial charge on any atom is -0.493 e. The van der Waals surface area contributed by atoms with Crippen molar-refractivity contribution in [2.75, 3.05) is 26.2 Å². The van der Waals surface area contributed by atoms with E-state index in [1.54, 1.807) is 12.1 Å². The molecule has 7 heteroatoms. The third-order valence-electron chi connectivity index (χ3n) is 4.82. The van der Waals surface area contributed by atoms with E-state index in [1.807, 2.05) is 36.4 Å². The van der Waals surface area contributed by atoms with Crippen LogP contribution in [0.1, 0.15) is 16.7 Å². The molecule has 0 amide bonds. The Bertz CT molecular complexity index is 920. The van der Waals surface area contributed by atoms with Crippen LogP contribution >= 0.6 is 0 Å². The number of rotatable bonds is 6. The molecule has 1 aliphatic heterocycles. The molecule has 1 unspecified atom stereocenters. The van der Waals surface area contributed by atoms with E-state index in [1.165, 1.54) is 12.1 Å². The van der Waals surface area contributed by atoms with Crippen LogP contribution in [0.2, 0.25) is 0 Å². The van der Waals surface area contributed by atoms with Gasteiger partial charge in [0.1, 0.15) is 28.6 Å². The molecule has 0 aliphatic carbocycles. The van der Waals surface area contributed by atoms with Gasteiger partial charge in [0.25, 0.3) is 0 Å². The van der Waals surface area contributed by atoms with Crippen molar-refractivity contribution in [3.05, 3.63) is 58.9 Å². The second kappa shape index (κ2) is 7.77. The van der Waals surface area contributed by atoms with E-state index in [0.717, 1.165) is 16.0 Å².